The average molecular weight is 408 g/mol. The minimum absolute atomic E-state index is 0.0589. The van der Waals surface area contributed by atoms with Crippen molar-refractivity contribution in [1.82, 2.24) is 14.7 Å². The first-order valence-electron chi connectivity index (χ1n) is 11.4. The lowest BCUT2D eigenvalue weighted by atomic mass is 9.55. The second-order valence-electron chi connectivity index (χ2n) is 10.8. The van der Waals surface area contributed by atoms with Crippen LogP contribution in [0.1, 0.15) is 61.6 Å². The van der Waals surface area contributed by atoms with E-state index in [1.54, 1.807) is 11.3 Å². The summed E-state index contributed by atoms with van der Waals surface area (Å²) in [4.78, 5) is 28.8. The molecule has 6 atom stereocenters. The van der Waals surface area contributed by atoms with Crippen LogP contribution < -0.4 is 5.32 Å². The SMILES string of the molecule is CC(Cc1cn2c(C(=O)NCC34CC5CC6CC(C3)C6(C5)C4)cccc2n1)C(=O)O. The number of amides is 1. The van der Waals surface area contributed by atoms with Gasteiger partial charge in [0.25, 0.3) is 5.91 Å². The second-order valence-corrected chi connectivity index (χ2v) is 10.8. The van der Waals surface area contributed by atoms with Crippen molar-refractivity contribution in [3.63, 3.8) is 0 Å². The molecule has 1 spiro atoms. The van der Waals surface area contributed by atoms with E-state index in [0.29, 0.717) is 34.3 Å². The number of carboxylic acids is 1. The molecular formula is C24H29N3O3. The summed E-state index contributed by atoms with van der Waals surface area (Å²) in [7, 11) is 0. The predicted molar refractivity (Wildman–Crippen MR) is 111 cm³/mol. The molecule has 6 unspecified atom stereocenters. The number of aliphatic carboxylic acids is 1. The highest BCUT2D eigenvalue weighted by atomic mass is 16.4. The van der Waals surface area contributed by atoms with Gasteiger partial charge in [-0.1, -0.05) is 13.0 Å². The third kappa shape index (κ3) is 2.51. The van der Waals surface area contributed by atoms with E-state index in [1.165, 1.54) is 38.5 Å². The maximum absolute atomic E-state index is 13.1. The van der Waals surface area contributed by atoms with Crippen LogP contribution in [0, 0.1) is 34.5 Å². The van der Waals surface area contributed by atoms with Crippen molar-refractivity contribution in [2.75, 3.05) is 6.54 Å². The van der Waals surface area contributed by atoms with E-state index in [-0.39, 0.29) is 5.91 Å². The van der Waals surface area contributed by atoms with Gasteiger partial charge in [0.1, 0.15) is 11.3 Å². The van der Waals surface area contributed by atoms with Gasteiger partial charge in [-0.2, -0.15) is 0 Å². The highest BCUT2D eigenvalue weighted by Crippen LogP contribution is 2.78. The van der Waals surface area contributed by atoms with Gasteiger partial charge in [0.2, 0.25) is 0 Å². The van der Waals surface area contributed by atoms with Crippen LogP contribution in [0.2, 0.25) is 0 Å². The highest BCUT2D eigenvalue weighted by Gasteiger charge is 2.70. The summed E-state index contributed by atoms with van der Waals surface area (Å²) in [5.41, 5.74) is 2.89. The zero-order valence-corrected chi connectivity index (χ0v) is 17.4. The number of rotatable bonds is 6. The number of imidazole rings is 1. The molecule has 2 N–H and O–H groups in total. The molecule has 0 aliphatic heterocycles. The van der Waals surface area contributed by atoms with Crippen LogP contribution in [-0.2, 0) is 11.2 Å². The number of hydrogen-bond donors (Lipinski definition) is 2. The van der Waals surface area contributed by atoms with Gasteiger partial charge in [0, 0.05) is 19.2 Å². The van der Waals surface area contributed by atoms with Crippen LogP contribution in [0.15, 0.2) is 24.4 Å². The van der Waals surface area contributed by atoms with Crippen LogP contribution in [0.5, 0.6) is 0 Å². The third-order valence-corrected chi connectivity index (χ3v) is 8.92. The Labute approximate surface area is 176 Å². The third-order valence-electron chi connectivity index (χ3n) is 8.92. The number of nitrogens with one attached hydrogen (secondary N) is 1. The van der Waals surface area contributed by atoms with Gasteiger partial charge in [0.05, 0.1) is 11.6 Å². The van der Waals surface area contributed by atoms with E-state index in [2.05, 4.69) is 10.3 Å². The molecule has 4 saturated carbocycles. The second kappa shape index (κ2) is 6.08. The standard InChI is InChI=1S/C24H29N3O3/c1-14(22(29)30)5-18-11-27-19(3-2-4-20(27)26-18)21(28)25-13-23-8-15-6-16-7-17(10-23)24(16,9-15)12-23/h2-4,11,14-17H,5-10,12-13H2,1H3,(H,25,28)(H,29,30). The summed E-state index contributed by atoms with van der Waals surface area (Å²) in [5.74, 6) is 1.36. The Morgan fingerprint density at radius 1 is 1.27 bits per heavy atom. The van der Waals surface area contributed by atoms with Crippen LogP contribution in [0.25, 0.3) is 5.65 Å². The molecule has 6 heteroatoms. The first kappa shape index (κ1) is 18.4. The molecule has 158 valence electrons. The fourth-order valence-electron chi connectivity index (χ4n) is 7.85. The molecule has 30 heavy (non-hydrogen) atoms. The molecule has 2 aromatic rings. The maximum atomic E-state index is 13.1. The molecule has 3 bridgehead atoms. The molecule has 4 fully saturated rings. The molecule has 1 amide bonds. The molecule has 4 aliphatic rings. The van der Waals surface area contributed by atoms with Gasteiger partial charge >= 0.3 is 5.97 Å². The predicted octanol–water partition coefficient (Wildman–Crippen LogP) is 3.54. The fraction of sp³-hybridized carbons (Fsp3) is 0.625. The molecule has 0 saturated heterocycles. The lowest BCUT2D eigenvalue weighted by molar-refractivity contribution is -0.141. The number of carboxylic acid groups (broad SMARTS) is 1. The highest BCUT2D eigenvalue weighted by molar-refractivity contribution is 5.93. The summed E-state index contributed by atoms with van der Waals surface area (Å²) in [6, 6.07) is 5.53. The summed E-state index contributed by atoms with van der Waals surface area (Å²) in [5, 5.41) is 12.4. The zero-order chi connectivity index (χ0) is 20.7. The normalized spacial score (nSPS) is 36.5. The van der Waals surface area contributed by atoms with E-state index in [1.807, 2.05) is 24.4 Å². The van der Waals surface area contributed by atoms with Gasteiger partial charge in [0.15, 0.2) is 0 Å². The van der Waals surface area contributed by atoms with Gasteiger partial charge in [-0.05, 0) is 79.2 Å². The minimum atomic E-state index is -0.835. The fourth-order valence-corrected chi connectivity index (χ4v) is 7.85. The molecule has 2 aromatic heterocycles. The number of fused-ring (bicyclic) bond motifs is 3. The van der Waals surface area contributed by atoms with E-state index in [9.17, 15) is 9.59 Å². The summed E-state index contributed by atoms with van der Waals surface area (Å²) < 4.78 is 1.80. The zero-order valence-electron chi connectivity index (χ0n) is 17.4. The van der Waals surface area contributed by atoms with E-state index >= 15 is 0 Å². The summed E-state index contributed by atoms with van der Waals surface area (Å²) >= 11 is 0. The number of carbonyl (C=O) groups excluding carboxylic acids is 1. The Balaban J connectivity index is 1.20. The minimum Gasteiger partial charge on any atom is -0.481 e. The number of pyridine rings is 1. The molecule has 4 aliphatic carbocycles. The lowest BCUT2D eigenvalue weighted by Crippen LogP contribution is -2.43. The van der Waals surface area contributed by atoms with Gasteiger partial charge in [-0.3, -0.25) is 14.0 Å². The smallest absolute Gasteiger partial charge is 0.306 e. The Bertz CT molecular complexity index is 1060. The van der Waals surface area contributed by atoms with Crippen LogP contribution >= 0.6 is 0 Å². The number of aromatic nitrogens is 2. The quantitative estimate of drug-likeness (QED) is 0.767. The first-order valence-corrected chi connectivity index (χ1v) is 11.4. The van der Waals surface area contributed by atoms with Crippen molar-refractivity contribution in [1.29, 1.82) is 0 Å². The molecule has 2 heterocycles. The van der Waals surface area contributed by atoms with Gasteiger partial charge in [-0.25, -0.2) is 4.98 Å². The van der Waals surface area contributed by atoms with Gasteiger partial charge < -0.3 is 10.4 Å². The van der Waals surface area contributed by atoms with Gasteiger partial charge in [-0.15, -0.1) is 0 Å². The van der Waals surface area contributed by atoms with Crippen LogP contribution in [0.3, 0.4) is 0 Å². The molecule has 0 aromatic carbocycles. The molecular weight excluding hydrogens is 378 g/mol. The maximum Gasteiger partial charge on any atom is 0.306 e. The molecule has 6 rings (SSSR count). The van der Waals surface area contributed by atoms with E-state index in [4.69, 9.17) is 5.11 Å². The summed E-state index contributed by atoms with van der Waals surface area (Å²) in [6.45, 7) is 2.46. The molecule has 6 nitrogen and oxygen atoms in total. The summed E-state index contributed by atoms with van der Waals surface area (Å²) in [6.07, 6.45) is 10.4. The Kier molecular flexibility index (Phi) is 3.73. The van der Waals surface area contributed by atoms with Crippen LogP contribution in [-0.4, -0.2) is 32.9 Å². The van der Waals surface area contributed by atoms with E-state index in [0.717, 1.165) is 24.3 Å². The van der Waals surface area contributed by atoms with Crippen molar-refractivity contribution in [3.8, 4) is 0 Å². The average Bonchev–Trinajstić information content (AvgIpc) is 3.26. The van der Waals surface area contributed by atoms with Crippen molar-refractivity contribution in [2.45, 2.75) is 51.9 Å². The Morgan fingerprint density at radius 2 is 2.13 bits per heavy atom. The number of nitrogens with zero attached hydrogens (tertiary/aromatic N) is 2. The number of hydrogen-bond acceptors (Lipinski definition) is 3. The Morgan fingerprint density at radius 3 is 2.97 bits per heavy atom. The van der Waals surface area contributed by atoms with Crippen molar-refractivity contribution >= 4 is 17.5 Å². The first-order chi connectivity index (χ1) is 14.4. The lowest BCUT2D eigenvalue weighted by Gasteiger charge is -2.49. The van der Waals surface area contributed by atoms with Crippen molar-refractivity contribution in [2.24, 2.45) is 34.5 Å². The topological polar surface area (TPSA) is 83.7 Å². The van der Waals surface area contributed by atoms with Crippen molar-refractivity contribution < 1.29 is 14.7 Å². The van der Waals surface area contributed by atoms with Crippen molar-refractivity contribution in [3.05, 3.63) is 35.8 Å². The van der Waals surface area contributed by atoms with Crippen LogP contribution in [0.4, 0.5) is 0 Å². The molecule has 0 radical (unpaired) electrons. The largest absolute Gasteiger partial charge is 0.481 e. The number of carbonyl (C=O) groups is 2. The monoisotopic (exact) mass is 407 g/mol. The Hall–Kier alpha value is -2.37. The van der Waals surface area contributed by atoms with E-state index < -0.39 is 11.9 Å².